The molecule has 1 unspecified atom stereocenters. The predicted octanol–water partition coefficient (Wildman–Crippen LogP) is 1.36. The van der Waals surface area contributed by atoms with Gasteiger partial charge in [0.05, 0.1) is 0 Å². The van der Waals surface area contributed by atoms with Crippen molar-refractivity contribution in [3.05, 3.63) is 52.1 Å². The van der Waals surface area contributed by atoms with Gasteiger partial charge in [-0.3, -0.25) is 0 Å². The van der Waals surface area contributed by atoms with E-state index in [1.54, 1.807) is 43.3 Å². The van der Waals surface area contributed by atoms with Crippen LogP contribution in [-0.4, -0.2) is 46.9 Å². The van der Waals surface area contributed by atoms with E-state index >= 15 is 0 Å². The Morgan fingerprint density at radius 1 is 1.22 bits per heavy atom. The van der Waals surface area contributed by atoms with Crippen LogP contribution in [0.25, 0.3) is 0 Å². The van der Waals surface area contributed by atoms with E-state index in [9.17, 15) is 20.0 Å². The summed E-state index contributed by atoms with van der Waals surface area (Å²) in [5.74, 6) is -1.10. The van der Waals surface area contributed by atoms with Crippen molar-refractivity contribution in [3.63, 3.8) is 0 Å². The quantitative estimate of drug-likeness (QED) is 0.464. The van der Waals surface area contributed by atoms with Crippen molar-refractivity contribution in [1.29, 1.82) is 0 Å². The third-order valence-electron chi connectivity index (χ3n) is 3.24. The van der Waals surface area contributed by atoms with Gasteiger partial charge in [-0.25, -0.2) is 0 Å². The van der Waals surface area contributed by atoms with Gasteiger partial charge in [-0.1, -0.05) is 0 Å². The Morgan fingerprint density at radius 3 is 2.43 bits per heavy atom. The second kappa shape index (κ2) is 6.71. The van der Waals surface area contributed by atoms with Crippen molar-refractivity contribution in [2.75, 3.05) is 24.3 Å². The summed E-state index contributed by atoms with van der Waals surface area (Å²) in [6.07, 6.45) is 0. The van der Waals surface area contributed by atoms with Gasteiger partial charge in [-0.2, -0.15) is 0 Å². The van der Waals surface area contributed by atoms with Crippen LogP contribution in [0.15, 0.2) is 36.4 Å². The molecule has 8 heteroatoms. The Kier molecular flexibility index (Phi) is 4.91. The number of anilines is 3. The fourth-order valence-corrected chi connectivity index (χ4v) is 2.58. The molecule has 0 aliphatic carbocycles. The molecule has 0 amide bonds. The Labute approximate surface area is 141 Å². The van der Waals surface area contributed by atoms with E-state index in [4.69, 9.17) is 0 Å². The van der Waals surface area contributed by atoms with Gasteiger partial charge in [0.2, 0.25) is 0 Å². The average Bonchev–Trinajstić information content (AvgIpc) is 2.48. The number of hydrogen-bond acceptors (Lipinski definition) is 5. The van der Waals surface area contributed by atoms with Crippen molar-refractivity contribution in [1.82, 2.24) is 0 Å². The zero-order valence-electron chi connectivity index (χ0n) is 12.6. The van der Waals surface area contributed by atoms with E-state index in [1.807, 2.05) is 0 Å². The molecule has 2 aromatic rings. The Hall–Kier alpha value is -2.53. The molecule has 120 valence electrons. The molecule has 0 aliphatic rings. The number of carboxylic acid groups (broad SMARTS) is 1. The monoisotopic (exact) mass is 377 g/mol. The fourth-order valence-electron chi connectivity index (χ4n) is 2.05. The van der Waals surface area contributed by atoms with Gasteiger partial charge >= 0.3 is 141 Å². The van der Waals surface area contributed by atoms with Gasteiger partial charge in [0, 0.05) is 0 Å². The zero-order valence-corrected chi connectivity index (χ0v) is 15.0. The van der Waals surface area contributed by atoms with Crippen molar-refractivity contribution in [3.8, 4) is 0 Å². The van der Waals surface area contributed by atoms with E-state index in [-0.39, 0.29) is 16.9 Å². The molecule has 7 nitrogen and oxygen atoms in total. The molecule has 1 atom stereocenters. The molecule has 0 aliphatic heterocycles. The minimum atomic E-state index is -1.10. The molecule has 0 aromatic heterocycles. The van der Waals surface area contributed by atoms with Crippen LogP contribution < -0.4 is 14.6 Å². The molecule has 0 fully saturated rings. The first-order valence-electron chi connectivity index (χ1n) is 6.65. The molecule has 2 N–H and O–H groups in total. The van der Waals surface area contributed by atoms with Crippen molar-refractivity contribution in [2.24, 2.45) is 0 Å². The molecular weight excluding hydrogens is 361 g/mol. The molecular formula is C15H16AsN3O4. The van der Waals surface area contributed by atoms with Crippen LogP contribution in [0.3, 0.4) is 0 Å². The second-order valence-electron chi connectivity index (χ2n) is 5.09. The van der Waals surface area contributed by atoms with Gasteiger partial charge in [0.25, 0.3) is 0 Å². The molecule has 0 bridgehead atoms. The number of carboxylic acids is 1. The summed E-state index contributed by atoms with van der Waals surface area (Å²) in [5.41, 5.74) is 1.27. The maximum atomic E-state index is 11.5. The van der Waals surface area contributed by atoms with Gasteiger partial charge in [-0.15, -0.1) is 0 Å². The van der Waals surface area contributed by atoms with E-state index in [1.165, 1.54) is 29.0 Å². The summed E-state index contributed by atoms with van der Waals surface area (Å²) in [6.45, 7) is 0. The molecule has 0 saturated heterocycles. The Bertz CT molecular complexity index is 777. The van der Waals surface area contributed by atoms with Gasteiger partial charge in [0.1, 0.15) is 0 Å². The Morgan fingerprint density at radius 2 is 1.87 bits per heavy atom. The minimum absolute atomic E-state index is 0.0512. The number of hydrogen-bond donors (Lipinski definition) is 2. The van der Waals surface area contributed by atoms with Gasteiger partial charge in [-0.05, 0) is 0 Å². The molecule has 2 aromatic carbocycles. The third-order valence-corrected chi connectivity index (χ3v) is 3.99. The van der Waals surface area contributed by atoms with Crippen LogP contribution in [0.2, 0.25) is 0 Å². The van der Waals surface area contributed by atoms with Crippen LogP contribution >= 0.6 is 0 Å². The zero-order chi connectivity index (χ0) is 17.1. The van der Waals surface area contributed by atoms with Crippen molar-refractivity contribution < 1.29 is 14.8 Å². The molecule has 0 saturated carbocycles. The maximum absolute atomic E-state index is 11.5. The Balaban J connectivity index is 2.48. The SMILES string of the molecule is CN(C)c1ccc(Nc2ccc([AsH2])cc2[N+](=O)[O-])c(C(=O)O)c1. The van der Waals surface area contributed by atoms with Crippen LogP contribution in [-0.2, 0) is 0 Å². The number of benzene rings is 2. The summed E-state index contributed by atoms with van der Waals surface area (Å²) in [4.78, 5) is 23.9. The van der Waals surface area contributed by atoms with Gasteiger partial charge < -0.3 is 0 Å². The van der Waals surface area contributed by atoms with Gasteiger partial charge in [0.15, 0.2) is 0 Å². The molecule has 0 heterocycles. The number of nitrogens with zero attached hydrogens (tertiary/aromatic N) is 2. The van der Waals surface area contributed by atoms with E-state index < -0.39 is 10.9 Å². The van der Waals surface area contributed by atoms with E-state index in [2.05, 4.69) is 5.32 Å². The third kappa shape index (κ3) is 3.81. The molecule has 2 rings (SSSR count). The van der Waals surface area contributed by atoms with Crippen LogP contribution in [0.1, 0.15) is 10.4 Å². The standard InChI is InChI=1S/C15H16AsN3O4/c1-18(2)10-4-6-12(11(8-10)15(20)21)17-13-5-3-9(16)7-14(13)19(22)23/h3-8,17H,16H2,1-2H3,(H,20,21). The first kappa shape index (κ1) is 16.8. The predicted molar refractivity (Wildman–Crippen MR) is 92.3 cm³/mol. The first-order chi connectivity index (χ1) is 10.8. The summed E-state index contributed by atoms with van der Waals surface area (Å²) < 4.78 is 0.816. The van der Waals surface area contributed by atoms with Crippen molar-refractivity contribution >= 4 is 49.9 Å². The van der Waals surface area contributed by atoms with Crippen LogP contribution in [0.4, 0.5) is 22.7 Å². The van der Waals surface area contributed by atoms with Crippen molar-refractivity contribution in [2.45, 2.75) is 0 Å². The number of aromatic carboxylic acids is 1. The number of nitro benzene ring substituents is 1. The average molecular weight is 377 g/mol. The number of carbonyl (C=O) groups is 1. The number of nitrogens with one attached hydrogen (secondary N) is 1. The summed E-state index contributed by atoms with van der Waals surface area (Å²) >= 11 is 1.28. The van der Waals surface area contributed by atoms with E-state index in [0.29, 0.717) is 5.69 Å². The number of nitro groups is 1. The van der Waals surface area contributed by atoms with Crippen LogP contribution in [0, 0.1) is 10.1 Å². The molecule has 0 spiro atoms. The first-order valence-corrected chi connectivity index (χ1v) is 7.86. The second-order valence-corrected chi connectivity index (χ2v) is 6.49. The summed E-state index contributed by atoms with van der Waals surface area (Å²) in [5, 5.41) is 23.4. The van der Waals surface area contributed by atoms with E-state index in [0.717, 1.165) is 10.0 Å². The molecule has 0 radical (unpaired) electrons. The fraction of sp³-hybridized carbons (Fsp3) is 0.133. The normalized spacial score (nSPS) is 10.2. The topological polar surface area (TPSA) is 95.7 Å². The molecule has 23 heavy (non-hydrogen) atoms. The van der Waals surface area contributed by atoms with Crippen LogP contribution in [0.5, 0.6) is 0 Å². The summed E-state index contributed by atoms with van der Waals surface area (Å²) in [7, 11) is 3.61. The summed E-state index contributed by atoms with van der Waals surface area (Å²) in [6, 6.07) is 9.68. The number of rotatable bonds is 5.